The molecule has 18 heavy (non-hydrogen) atoms. The summed E-state index contributed by atoms with van der Waals surface area (Å²) >= 11 is 0. The van der Waals surface area contributed by atoms with Gasteiger partial charge in [0.25, 0.3) is 0 Å². The number of nitrogens with one attached hydrogen (secondary N) is 2. The Bertz CT molecular complexity index is 427. The second kappa shape index (κ2) is 6.15. The average molecular weight is 253 g/mol. The van der Waals surface area contributed by atoms with Gasteiger partial charge < -0.3 is 16.4 Å². The van der Waals surface area contributed by atoms with Gasteiger partial charge in [-0.3, -0.25) is 14.3 Å². The average Bonchev–Trinajstić information content (AvgIpc) is 2.70. The molecule has 0 aliphatic carbocycles. The van der Waals surface area contributed by atoms with Crippen molar-refractivity contribution in [3.63, 3.8) is 0 Å². The minimum atomic E-state index is -0.602. The largest absolute Gasteiger partial charge is 0.346 e. The van der Waals surface area contributed by atoms with Gasteiger partial charge in [-0.25, -0.2) is 0 Å². The third kappa shape index (κ3) is 3.85. The molecule has 0 fully saturated rings. The van der Waals surface area contributed by atoms with Crippen molar-refractivity contribution in [1.82, 2.24) is 15.1 Å². The molecular formula is C11H19N5O2. The van der Waals surface area contributed by atoms with Gasteiger partial charge >= 0.3 is 0 Å². The number of nitrogens with zero attached hydrogens (tertiary/aromatic N) is 2. The highest BCUT2D eigenvalue weighted by Gasteiger charge is 2.17. The van der Waals surface area contributed by atoms with Crippen LogP contribution in [0.4, 0.5) is 5.82 Å². The van der Waals surface area contributed by atoms with Gasteiger partial charge in [-0.2, -0.15) is 5.10 Å². The van der Waals surface area contributed by atoms with Gasteiger partial charge in [0.1, 0.15) is 5.82 Å². The summed E-state index contributed by atoms with van der Waals surface area (Å²) in [6.07, 6.45) is 1.57. The van der Waals surface area contributed by atoms with Gasteiger partial charge in [0.05, 0.1) is 18.8 Å². The number of hydrogen-bond acceptors (Lipinski definition) is 4. The van der Waals surface area contributed by atoms with E-state index in [0.29, 0.717) is 5.82 Å². The molecular weight excluding hydrogens is 234 g/mol. The van der Waals surface area contributed by atoms with Crippen LogP contribution in [0, 0.1) is 5.92 Å². The van der Waals surface area contributed by atoms with Crippen LogP contribution in [0.25, 0.3) is 0 Å². The quantitative estimate of drug-likeness (QED) is 0.655. The molecule has 7 heteroatoms. The summed E-state index contributed by atoms with van der Waals surface area (Å²) in [6, 6.07) is 1.06. The number of carbonyl (C=O) groups is 2. The summed E-state index contributed by atoms with van der Waals surface area (Å²) in [5.41, 5.74) is 5.65. The highest BCUT2D eigenvalue weighted by molar-refractivity contribution is 5.94. The number of amides is 2. The molecule has 0 spiro atoms. The van der Waals surface area contributed by atoms with Crippen LogP contribution in [-0.2, 0) is 16.6 Å². The van der Waals surface area contributed by atoms with Gasteiger partial charge in [-0.1, -0.05) is 13.8 Å². The van der Waals surface area contributed by atoms with E-state index in [1.54, 1.807) is 19.3 Å². The SMILES string of the molecule is CC(C)[C@H](N)C(=O)NCC(=O)Nc1ccnn1C. The number of anilines is 1. The van der Waals surface area contributed by atoms with Gasteiger partial charge in [0.15, 0.2) is 0 Å². The molecule has 4 N–H and O–H groups in total. The first-order chi connectivity index (χ1) is 8.41. The molecule has 1 rings (SSSR count). The molecule has 2 amide bonds. The Morgan fingerprint density at radius 1 is 1.50 bits per heavy atom. The normalized spacial score (nSPS) is 12.3. The first-order valence-electron chi connectivity index (χ1n) is 5.73. The minimum Gasteiger partial charge on any atom is -0.346 e. The van der Waals surface area contributed by atoms with Gasteiger partial charge in [-0.05, 0) is 5.92 Å². The molecule has 100 valence electrons. The Morgan fingerprint density at radius 3 is 2.67 bits per heavy atom. The molecule has 0 aliphatic heterocycles. The molecule has 0 aliphatic rings. The fraction of sp³-hybridized carbons (Fsp3) is 0.545. The highest BCUT2D eigenvalue weighted by Crippen LogP contribution is 2.02. The molecule has 0 saturated heterocycles. The number of hydrogen-bond donors (Lipinski definition) is 3. The molecule has 0 saturated carbocycles. The van der Waals surface area contributed by atoms with Gasteiger partial charge in [0.2, 0.25) is 11.8 Å². The van der Waals surface area contributed by atoms with Gasteiger partial charge in [-0.15, -0.1) is 0 Å². The molecule has 1 atom stereocenters. The number of aryl methyl sites for hydroxylation is 1. The van der Waals surface area contributed by atoms with Crippen LogP contribution in [-0.4, -0.2) is 34.2 Å². The fourth-order valence-electron chi connectivity index (χ4n) is 1.27. The van der Waals surface area contributed by atoms with Crippen LogP contribution in [0.5, 0.6) is 0 Å². The minimum absolute atomic E-state index is 0.0325. The van der Waals surface area contributed by atoms with Crippen LogP contribution in [0.15, 0.2) is 12.3 Å². The highest BCUT2D eigenvalue weighted by atomic mass is 16.2. The van der Waals surface area contributed by atoms with Crippen molar-refractivity contribution in [3.05, 3.63) is 12.3 Å². The Hall–Kier alpha value is -1.89. The Kier molecular flexibility index (Phi) is 4.85. The van der Waals surface area contributed by atoms with Crippen LogP contribution >= 0.6 is 0 Å². The lowest BCUT2D eigenvalue weighted by Crippen LogP contribution is -2.46. The van der Waals surface area contributed by atoms with E-state index in [1.807, 2.05) is 13.8 Å². The molecule has 0 radical (unpaired) electrons. The summed E-state index contributed by atoms with van der Waals surface area (Å²) in [5.74, 6) is -0.0411. The summed E-state index contributed by atoms with van der Waals surface area (Å²) in [4.78, 5) is 23.1. The lowest BCUT2D eigenvalue weighted by Gasteiger charge is -2.15. The van der Waals surface area contributed by atoms with Crippen molar-refractivity contribution in [1.29, 1.82) is 0 Å². The number of carbonyl (C=O) groups excluding carboxylic acids is 2. The predicted octanol–water partition coefficient (Wildman–Crippen LogP) is -0.542. The smallest absolute Gasteiger partial charge is 0.244 e. The first-order valence-corrected chi connectivity index (χ1v) is 5.73. The van der Waals surface area contributed by atoms with E-state index in [4.69, 9.17) is 5.73 Å². The number of rotatable bonds is 5. The zero-order chi connectivity index (χ0) is 13.7. The Morgan fingerprint density at radius 2 is 2.17 bits per heavy atom. The van der Waals surface area contributed by atoms with Crippen molar-refractivity contribution in [2.45, 2.75) is 19.9 Å². The maximum Gasteiger partial charge on any atom is 0.244 e. The van der Waals surface area contributed by atoms with Crippen LogP contribution in [0.1, 0.15) is 13.8 Å². The maximum absolute atomic E-state index is 11.6. The van der Waals surface area contributed by atoms with E-state index < -0.39 is 6.04 Å². The van der Waals surface area contributed by atoms with Crippen LogP contribution in [0.2, 0.25) is 0 Å². The lowest BCUT2D eigenvalue weighted by atomic mass is 10.1. The molecule has 1 aromatic rings. The monoisotopic (exact) mass is 253 g/mol. The second-order valence-electron chi connectivity index (χ2n) is 4.38. The number of aromatic nitrogens is 2. The molecule has 1 heterocycles. The Balaban J connectivity index is 2.38. The third-order valence-corrected chi connectivity index (χ3v) is 2.53. The predicted molar refractivity (Wildman–Crippen MR) is 67.7 cm³/mol. The summed E-state index contributed by atoms with van der Waals surface area (Å²) in [7, 11) is 1.71. The van der Waals surface area contributed by atoms with Crippen molar-refractivity contribution < 1.29 is 9.59 Å². The van der Waals surface area contributed by atoms with Crippen molar-refractivity contribution in [2.75, 3.05) is 11.9 Å². The summed E-state index contributed by atoms with van der Waals surface area (Å²) in [5, 5.41) is 9.02. The van der Waals surface area contributed by atoms with Crippen LogP contribution in [0.3, 0.4) is 0 Å². The first kappa shape index (κ1) is 14.2. The zero-order valence-electron chi connectivity index (χ0n) is 10.8. The third-order valence-electron chi connectivity index (χ3n) is 2.53. The van der Waals surface area contributed by atoms with Crippen molar-refractivity contribution >= 4 is 17.6 Å². The fourth-order valence-corrected chi connectivity index (χ4v) is 1.27. The molecule has 0 bridgehead atoms. The molecule has 0 unspecified atom stereocenters. The maximum atomic E-state index is 11.6. The van der Waals surface area contributed by atoms with E-state index in [-0.39, 0.29) is 24.3 Å². The van der Waals surface area contributed by atoms with Gasteiger partial charge in [0, 0.05) is 13.1 Å². The van der Waals surface area contributed by atoms with E-state index in [9.17, 15) is 9.59 Å². The van der Waals surface area contributed by atoms with Crippen molar-refractivity contribution in [2.24, 2.45) is 18.7 Å². The van der Waals surface area contributed by atoms with Crippen LogP contribution < -0.4 is 16.4 Å². The van der Waals surface area contributed by atoms with E-state index >= 15 is 0 Å². The van der Waals surface area contributed by atoms with E-state index in [0.717, 1.165) is 0 Å². The standard InChI is InChI=1S/C11H19N5O2/c1-7(2)10(12)11(18)13-6-9(17)15-8-4-5-14-16(8)3/h4-5,7,10H,6,12H2,1-3H3,(H,13,18)(H,15,17)/t10-/m0/s1. The second-order valence-corrected chi connectivity index (χ2v) is 4.38. The molecule has 7 nitrogen and oxygen atoms in total. The van der Waals surface area contributed by atoms with E-state index in [2.05, 4.69) is 15.7 Å². The zero-order valence-corrected chi connectivity index (χ0v) is 10.8. The molecule has 0 aromatic carbocycles. The lowest BCUT2D eigenvalue weighted by molar-refractivity contribution is -0.125. The van der Waals surface area contributed by atoms with E-state index in [1.165, 1.54) is 4.68 Å². The summed E-state index contributed by atoms with van der Waals surface area (Å²) in [6.45, 7) is 3.59. The summed E-state index contributed by atoms with van der Waals surface area (Å²) < 4.78 is 1.53. The number of nitrogens with two attached hydrogens (primary N) is 1. The topological polar surface area (TPSA) is 102 Å². The molecule has 1 aromatic heterocycles. The van der Waals surface area contributed by atoms with Crippen molar-refractivity contribution in [3.8, 4) is 0 Å². The Labute approximate surface area is 106 Å².